The Morgan fingerprint density at radius 2 is 2.06 bits per heavy atom. The van der Waals surface area contributed by atoms with Gasteiger partial charge in [0.1, 0.15) is 11.5 Å². The Morgan fingerprint density at radius 3 is 2.83 bits per heavy atom. The van der Waals surface area contributed by atoms with Crippen molar-refractivity contribution < 1.29 is 4.74 Å². The van der Waals surface area contributed by atoms with Gasteiger partial charge in [0.05, 0.1) is 11.2 Å². The van der Waals surface area contributed by atoms with Crippen LogP contribution in [0.15, 0.2) is 36.7 Å². The molecule has 0 radical (unpaired) electrons. The van der Waals surface area contributed by atoms with Crippen LogP contribution in [0.25, 0.3) is 0 Å². The van der Waals surface area contributed by atoms with E-state index < -0.39 is 0 Å². The molecule has 18 heavy (non-hydrogen) atoms. The number of hydrogen-bond acceptors (Lipinski definition) is 3. The average Bonchev–Trinajstić information content (AvgIpc) is 2.36. The Bertz CT molecular complexity index is 546. The third-order valence-electron chi connectivity index (χ3n) is 2.35. The molecular weight excluding hydrogens is 271 g/mol. The first-order chi connectivity index (χ1) is 8.70. The molecule has 0 saturated carbocycles. The molecule has 0 amide bonds. The minimum absolute atomic E-state index is 0.513. The molecule has 1 aromatic carbocycles. The third-order valence-corrected chi connectivity index (χ3v) is 2.90. The second kappa shape index (κ2) is 6.05. The van der Waals surface area contributed by atoms with Crippen molar-refractivity contribution in [3.05, 3.63) is 52.3 Å². The molecule has 1 N–H and O–H groups in total. The highest BCUT2D eigenvalue weighted by molar-refractivity contribution is 6.34. The zero-order chi connectivity index (χ0) is 13.0. The van der Waals surface area contributed by atoms with Gasteiger partial charge in [0.25, 0.3) is 0 Å². The van der Waals surface area contributed by atoms with Crippen molar-refractivity contribution in [3.63, 3.8) is 0 Å². The van der Waals surface area contributed by atoms with E-state index in [1.807, 2.05) is 13.1 Å². The summed E-state index contributed by atoms with van der Waals surface area (Å²) in [4.78, 5) is 4.05. The molecule has 1 heterocycles. The van der Waals surface area contributed by atoms with Gasteiger partial charge in [-0.1, -0.05) is 23.2 Å². The molecule has 2 rings (SSSR count). The summed E-state index contributed by atoms with van der Waals surface area (Å²) >= 11 is 12.0. The summed E-state index contributed by atoms with van der Waals surface area (Å²) in [5.41, 5.74) is 1.00. The van der Waals surface area contributed by atoms with Crippen LogP contribution >= 0.6 is 23.2 Å². The first-order valence-electron chi connectivity index (χ1n) is 5.41. The smallest absolute Gasteiger partial charge is 0.150 e. The van der Waals surface area contributed by atoms with Crippen LogP contribution in [0, 0.1) is 0 Å². The minimum Gasteiger partial charge on any atom is -0.454 e. The van der Waals surface area contributed by atoms with E-state index in [9.17, 15) is 0 Å². The largest absolute Gasteiger partial charge is 0.454 e. The molecule has 0 fully saturated rings. The molecule has 3 nitrogen and oxygen atoms in total. The Morgan fingerprint density at radius 1 is 1.22 bits per heavy atom. The van der Waals surface area contributed by atoms with E-state index in [-0.39, 0.29) is 0 Å². The summed E-state index contributed by atoms with van der Waals surface area (Å²) in [7, 11) is 1.87. The monoisotopic (exact) mass is 282 g/mol. The predicted octanol–water partition coefficient (Wildman–Crippen LogP) is 3.90. The van der Waals surface area contributed by atoms with Crippen LogP contribution in [0.1, 0.15) is 5.56 Å². The van der Waals surface area contributed by atoms with E-state index in [0.717, 1.165) is 5.56 Å². The van der Waals surface area contributed by atoms with Gasteiger partial charge in [0, 0.05) is 29.4 Å². The number of aromatic nitrogens is 1. The van der Waals surface area contributed by atoms with Gasteiger partial charge in [-0.05, 0) is 25.2 Å². The number of pyridine rings is 1. The summed E-state index contributed by atoms with van der Waals surface area (Å²) in [6.45, 7) is 0.691. The highest BCUT2D eigenvalue weighted by Gasteiger charge is 2.08. The van der Waals surface area contributed by atoms with Crippen molar-refractivity contribution in [2.45, 2.75) is 6.54 Å². The Labute approximate surface area is 116 Å². The van der Waals surface area contributed by atoms with Crippen LogP contribution in [0.4, 0.5) is 0 Å². The lowest BCUT2D eigenvalue weighted by molar-refractivity contribution is 0.472. The lowest BCUT2D eigenvalue weighted by Gasteiger charge is -2.11. The zero-order valence-corrected chi connectivity index (χ0v) is 11.3. The summed E-state index contributed by atoms with van der Waals surface area (Å²) in [5.74, 6) is 1.19. The van der Waals surface area contributed by atoms with Gasteiger partial charge in [-0.25, -0.2) is 0 Å². The maximum absolute atomic E-state index is 6.06. The molecule has 0 saturated heterocycles. The number of nitrogens with zero attached hydrogens (tertiary/aromatic N) is 1. The Kier molecular flexibility index (Phi) is 4.42. The summed E-state index contributed by atoms with van der Waals surface area (Å²) in [6, 6.07) is 6.99. The van der Waals surface area contributed by atoms with E-state index in [0.29, 0.717) is 28.1 Å². The summed E-state index contributed by atoms with van der Waals surface area (Å²) in [5, 5.41) is 4.16. The second-order valence-electron chi connectivity index (χ2n) is 3.69. The lowest BCUT2D eigenvalue weighted by atomic mass is 10.2. The molecule has 0 aliphatic rings. The van der Waals surface area contributed by atoms with Crippen LogP contribution in [-0.4, -0.2) is 12.0 Å². The van der Waals surface area contributed by atoms with E-state index in [2.05, 4.69) is 10.3 Å². The van der Waals surface area contributed by atoms with E-state index >= 15 is 0 Å². The molecule has 0 aliphatic carbocycles. The Balaban J connectivity index is 2.30. The fourth-order valence-electron chi connectivity index (χ4n) is 1.51. The number of ether oxygens (including phenoxy) is 1. The molecule has 2 aromatic rings. The average molecular weight is 283 g/mol. The molecule has 1 aromatic heterocycles. The van der Waals surface area contributed by atoms with Crippen molar-refractivity contribution in [1.29, 1.82) is 0 Å². The fourth-order valence-corrected chi connectivity index (χ4v) is 1.83. The van der Waals surface area contributed by atoms with Crippen molar-refractivity contribution in [3.8, 4) is 11.5 Å². The Hall–Kier alpha value is -1.29. The zero-order valence-electron chi connectivity index (χ0n) is 9.78. The van der Waals surface area contributed by atoms with E-state index in [4.69, 9.17) is 27.9 Å². The van der Waals surface area contributed by atoms with Crippen LogP contribution in [-0.2, 0) is 6.54 Å². The standard InChI is InChI=1S/C13H12Cl2N2O/c1-16-7-9-4-5-17-8-13(9)18-12-6-10(14)2-3-11(12)15/h2-6,8,16H,7H2,1H3. The maximum atomic E-state index is 6.06. The van der Waals surface area contributed by atoms with Crippen LogP contribution in [0.3, 0.4) is 0 Å². The van der Waals surface area contributed by atoms with Crippen molar-refractivity contribution >= 4 is 23.2 Å². The topological polar surface area (TPSA) is 34.2 Å². The van der Waals surface area contributed by atoms with Gasteiger partial charge in [-0.2, -0.15) is 0 Å². The van der Waals surface area contributed by atoms with Gasteiger partial charge >= 0.3 is 0 Å². The van der Waals surface area contributed by atoms with Crippen molar-refractivity contribution in [2.24, 2.45) is 0 Å². The van der Waals surface area contributed by atoms with Crippen molar-refractivity contribution in [2.75, 3.05) is 7.05 Å². The van der Waals surface area contributed by atoms with Gasteiger partial charge in [0.15, 0.2) is 0 Å². The molecule has 0 bridgehead atoms. The van der Waals surface area contributed by atoms with Gasteiger partial charge < -0.3 is 10.1 Å². The number of nitrogens with one attached hydrogen (secondary N) is 1. The number of hydrogen-bond donors (Lipinski definition) is 1. The molecule has 0 atom stereocenters. The highest BCUT2D eigenvalue weighted by atomic mass is 35.5. The number of halogens is 2. The quantitative estimate of drug-likeness (QED) is 0.924. The number of rotatable bonds is 4. The highest BCUT2D eigenvalue weighted by Crippen LogP contribution is 2.32. The van der Waals surface area contributed by atoms with Crippen molar-refractivity contribution in [1.82, 2.24) is 10.3 Å². The van der Waals surface area contributed by atoms with Crippen LogP contribution in [0.2, 0.25) is 10.0 Å². The third kappa shape index (κ3) is 3.13. The molecule has 5 heteroatoms. The minimum atomic E-state index is 0.513. The molecule has 94 valence electrons. The van der Waals surface area contributed by atoms with Crippen LogP contribution in [0.5, 0.6) is 11.5 Å². The lowest BCUT2D eigenvalue weighted by Crippen LogP contribution is -2.06. The SMILES string of the molecule is CNCc1ccncc1Oc1cc(Cl)ccc1Cl. The first-order valence-corrected chi connectivity index (χ1v) is 6.16. The summed E-state index contributed by atoms with van der Waals surface area (Å²) in [6.07, 6.45) is 3.38. The van der Waals surface area contributed by atoms with Gasteiger partial charge in [-0.3, -0.25) is 4.98 Å². The molecule has 0 unspecified atom stereocenters. The van der Waals surface area contributed by atoms with Gasteiger partial charge in [-0.15, -0.1) is 0 Å². The van der Waals surface area contributed by atoms with Gasteiger partial charge in [0.2, 0.25) is 0 Å². The molecule has 0 aliphatic heterocycles. The first kappa shape index (κ1) is 13.1. The normalized spacial score (nSPS) is 10.4. The van der Waals surface area contributed by atoms with Crippen LogP contribution < -0.4 is 10.1 Å². The van der Waals surface area contributed by atoms with E-state index in [1.165, 1.54) is 0 Å². The summed E-state index contributed by atoms with van der Waals surface area (Å²) < 4.78 is 5.75. The number of benzene rings is 1. The van der Waals surface area contributed by atoms with E-state index in [1.54, 1.807) is 30.6 Å². The molecular formula is C13H12Cl2N2O. The second-order valence-corrected chi connectivity index (χ2v) is 4.53. The predicted molar refractivity (Wildman–Crippen MR) is 73.5 cm³/mol. The maximum Gasteiger partial charge on any atom is 0.150 e. The fraction of sp³-hybridized carbons (Fsp3) is 0.154. The molecule has 0 spiro atoms.